The Morgan fingerprint density at radius 3 is 2.62 bits per heavy atom. The lowest BCUT2D eigenvalue weighted by Crippen LogP contribution is -2.70. The summed E-state index contributed by atoms with van der Waals surface area (Å²) in [6.45, 7) is 3.78. The van der Waals surface area contributed by atoms with E-state index in [1.807, 2.05) is 0 Å². The van der Waals surface area contributed by atoms with Crippen molar-refractivity contribution in [2.75, 3.05) is 5.32 Å². The van der Waals surface area contributed by atoms with Crippen LogP contribution < -0.4 is 5.32 Å². The summed E-state index contributed by atoms with van der Waals surface area (Å²) in [7, 11) is 0. The standard InChI is InChI=1S/C22H20F4N6O2/c1-11-5-15-8-21(7-11,19-29-12(2)31-34-19)32(15)20(33)30-14-3-4-17(22(24,25)26)16(6-14)18-27-9-13(23)10-28-18/h3-4,6,9-11,15H,5,7-8H2,1-2H3,(H,30,33)/t11-,15+,21-/m1/s1. The molecule has 3 aromatic rings. The van der Waals surface area contributed by atoms with E-state index in [2.05, 4.69) is 32.3 Å². The van der Waals surface area contributed by atoms with Crippen molar-refractivity contribution >= 4 is 11.7 Å². The van der Waals surface area contributed by atoms with E-state index in [4.69, 9.17) is 4.52 Å². The summed E-state index contributed by atoms with van der Waals surface area (Å²) in [5.74, 6) is 0.0660. The first-order valence-electron chi connectivity index (χ1n) is 10.7. The number of carbonyl (C=O) groups is 1. The third-order valence-electron chi connectivity index (χ3n) is 6.34. The van der Waals surface area contributed by atoms with Gasteiger partial charge < -0.3 is 14.7 Å². The summed E-state index contributed by atoms with van der Waals surface area (Å²) >= 11 is 0. The molecule has 12 heteroatoms. The number of urea groups is 1. The van der Waals surface area contributed by atoms with Crippen LogP contribution in [0.25, 0.3) is 11.4 Å². The normalized spacial score (nSPS) is 24.0. The molecule has 0 radical (unpaired) electrons. The molecule has 5 rings (SSSR count). The first kappa shape index (κ1) is 22.2. The smallest absolute Gasteiger partial charge is 0.337 e. The minimum Gasteiger partial charge on any atom is -0.337 e. The van der Waals surface area contributed by atoms with Crippen LogP contribution in [0.4, 0.5) is 28.0 Å². The van der Waals surface area contributed by atoms with Crippen LogP contribution in [-0.4, -0.2) is 37.1 Å². The highest BCUT2D eigenvalue weighted by Gasteiger charge is 2.62. The maximum absolute atomic E-state index is 13.6. The van der Waals surface area contributed by atoms with E-state index in [9.17, 15) is 22.4 Å². The SMILES string of the molecule is Cc1noc([C@@]23C[C@H](C)C[C@@H](C2)N3C(=O)Nc2ccc(C(F)(F)F)c(-c3ncc(F)cn3)c2)n1. The second-order valence-electron chi connectivity index (χ2n) is 8.86. The minimum absolute atomic E-state index is 0.0506. The van der Waals surface area contributed by atoms with E-state index >= 15 is 0 Å². The van der Waals surface area contributed by atoms with E-state index in [0.29, 0.717) is 30.5 Å². The highest BCUT2D eigenvalue weighted by Crippen LogP contribution is 2.55. The number of piperidine rings is 1. The van der Waals surface area contributed by atoms with Crippen molar-refractivity contribution in [1.29, 1.82) is 0 Å². The van der Waals surface area contributed by atoms with Gasteiger partial charge in [0, 0.05) is 23.7 Å². The van der Waals surface area contributed by atoms with Gasteiger partial charge in [-0.3, -0.25) is 0 Å². The summed E-state index contributed by atoms with van der Waals surface area (Å²) in [6.07, 6.45) is -1.02. The first-order chi connectivity index (χ1) is 16.1. The number of halogens is 4. The number of nitrogens with zero attached hydrogens (tertiary/aromatic N) is 5. The maximum Gasteiger partial charge on any atom is 0.417 e. The van der Waals surface area contributed by atoms with Crippen LogP contribution in [0.5, 0.6) is 0 Å². The predicted octanol–water partition coefficient (Wildman–Crippen LogP) is 4.92. The average molecular weight is 476 g/mol. The third-order valence-corrected chi connectivity index (χ3v) is 6.34. The summed E-state index contributed by atoms with van der Waals surface area (Å²) in [6, 6.07) is 2.61. The Morgan fingerprint density at radius 2 is 1.97 bits per heavy atom. The lowest BCUT2D eigenvalue weighted by atomic mass is 9.64. The zero-order chi connectivity index (χ0) is 24.3. The monoisotopic (exact) mass is 476 g/mol. The molecule has 1 N–H and O–H groups in total. The zero-order valence-corrected chi connectivity index (χ0v) is 18.2. The number of amides is 2. The summed E-state index contributed by atoms with van der Waals surface area (Å²) in [5.41, 5.74) is -1.99. The quantitative estimate of drug-likeness (QED) is 0.539. The van der Waals surface area contributed by atoms with Gasteiger partial charge >= 0.3 is 12.2 Å². The maximum atomic E-state index is 13.6. The molecule has 3 atom stereocenters. The number of fused-ring (bicyclic) bond motifs is 2. The van der Waals surface area contributed by atoms with Gasteiger partial charge in [0.25, 0.3) is 5.89 Å². The van der Waals surface area contributed by atoms with Gasteiger partial charge in [0.2, 0.25) is 0 Å². The molecule has 3 heterocycles. The second-order valence-corrected chi connectivity index (χ2v) is 8.86. The lowest BCUT2D eigenvalue weighted by Gasteiger charge is -2.61. The lowest BCUT2D eigenvalue weighted by molar-refractivity contribution is -0.137. The molecule has 0 spiro atoms. The van der Waals surface area contributed by atoms with Crippen LogP contribution >= 0.6 is 0 Å². The summed E-state index contributed by atoms with van der Waals surface area (Å²) < 4.78 is 59.4. The first-order valence-corrected chi connectivity index (χ1v) is 10.7. The Balaban J connectivity index is 1.47. The molecule has 1 saturated carbocycles. The number of aromatic nitrogens is 4. The molecule has 2 aromatic heterocycles. The highest BCUT2D eigenvalue weighted by molar-refractivity contribution is 5.92. The number of rotatable bonds is 3. The molecule has 1 saturated heterocycles. The van der Waals surface area contributed by atoms with Crippen molar-refractivity contribution in [3.05, 3.63) is 53.7 Å². The van der Waals surface area contributed by atoms with Gasteiger partial charge in [-0.05, 0) is 43.9 Å². The zero-order valence-electron chi connectivity index (χ0n) is 18.2. The number of nitrogens with one attached hydrogen (secondary N) is 1. The fraction of sp³-hybridized carbons (Fsp3) is 0.409. The van der Waals surface area contributed by atoms with Crippen molar-refractivity contribution in [2.24, 2.45) is 5.92 Å². The van der Waals surface area contributed by atoms with Crippen LogP contribution in [0.1, 0.15) is 43.5 Å². The number of anilines is 1. The fourth-order valence-electron chi connectivity index (χ4n) is 5.12. The predicted molar refractivity (Wildman–Crippen MR) is 111 cm³/mol. The molecule has 34 heavy (non-hydrogen) atoms. The second kappa shape index (κ2) is 7.74. The van der Waals surface area contributed by atoms with E-state index in [1.54, 1.807) is 11.8 Å². The van der Waals surface area contributed by atoms with Crippen molar-refractivity contribution in [2.45, 2.75) is 50.9 Å². The number of hydrogen-bond acceptors (Lipinski definition) is 6. The van der Waals surface area contributed by atoms with Crippen molar-refractivity contribution < 1.29 is 26.9 Å². The molecule has 178 valence electrons. The summed E-state index contributed by atoms with van der Waals surface area (Å²) in [4.78, 5) is 26.6. The molecular weight excluding hydrogens is 456 g/mol. The Hall–Kier alpha value is -3.57. The third kappa shape index (κ3) is 3.66. The van der Waals surface area contributed by atoms with Crippen molar-refractivity contribution in [3.63, 3.8) is 0 Å². The number of likely N-dealkylation sites (tertiary alicyclic amines) is 1. The molecule has 1 aliphatic heterocycles. The van der Waals surface area contributed by atoms with Gasteiger partial charge in [0.15, 0.2) is 17.5 Å². The molecule has 0 unspecified atom stereocenters. The Bertz CT molecular complexity index is 1240. The van der Waals surface area contributed by atoms with E-state index < -0.39 is 29.1 Å². The number of carbonyl (C=O) groups excluding carboxylic acids is 1. The molecule has 2 amide bonds. The topological polar surface area (TPSA) is 97.0 Å². The number of aryl methyl sites for hydroxylation is 1. The van der Waals surface area contributed by atoms with Gasteiger partial charge in [-0.2, -0.15) is 18.2 Å². The molecule has 2 fully saturated rings. The van der Waals surface area contributed by atoms with Crippen LogP contribution in [0.15, 0.2) is 35.1 Å². The van der Waals surface area contributed by atoms with Gasteiger partial charge in [0.1, 0.15) is 5.54 Å². The van der Waals surface area contributed by atoms with E-state index in [1.165, 1.54) is 0 Å². The minimum atomic E-state index is -4.69. The summed E-state index contributed by atoms with van der Waals surface area (Å²) in [5, 5.41) is 6.55. The van der Waals surface area contributed by atoms with Gasteiger partial charge in [-0.1, -0.05) is 12.1 Å². The molecule has 1 aromatic carbocycles. The number of benzene rings is 1. The largest absolute Gasteiger partial charge is 0.417 e. The number of hydrogen-bond donors (Lipinski definition) is 1. The molecule has 1 aliphatic carbocycles. The number of alkyl halides is 3. The Morgan fingerprint density at radius 1 is 1.24 bits per heavy atom. The van der Waals surface area contributed by atoms with Crippen LogP contribution in [-0.2, 0) is 11.7 Å². The Labute approximate surface area is 191 Å². The van der Waals surface area contributed by atoms with E-state index in [-0.39, 0.29) is 23.1 Å². The molecule has 2 aliphatic rings. The van der Waals surface area contributed by atoms with Gasteiger partial charge in [-0.15, -0.1) is 0 Å². The van der Waals surface area contributed by atoms with Crippen LogP contribution in [0.3, 0.4) is 0 Å². The fourth-order valence-corrected chi connectivity index (χ4v) is 5.12. The van der Waals surface area contributed by atoms with Gasteiger partial charge in [-0.25, -0.2) is 19.2 Å². The van der Waals surface area contributed by atoms with Gasteiger partial charge in [0.05, 0.1) is 18.0 Å². The van der Waals surface area contributed by atoms with Crippen molar-refractivity contribution in [1.82, 2.24) is 25.0 Å². The Kier molecular flexibility index (Phi) is 5.06. The van der Waals surface area contributed by atoms with E-state index in [0.717, 1.165) is 37.0 Å². The molecular formula is C22H20F4N6O2. The molecule has 8 nitrogen and oxygen atoms in total. The van der Waals surface area contributed by atoms with Crippen LogP contribution in [0.2, 0.25) is 0 Å². The van der Waals surface area contributed by atoms with Crippen molar-refractivity contribution in [3.8, 4) is 11.4 Å². The molecule has 2 bridgehead atoms. The average Bonchev–Trinajstić information content (AvgIpc) is 3.19. The highest BCUT2D eigenvalue weighted by atomic mass is 19.4. The van der Waals surface area contributed by atoms with Crippen LogP contribution in [0, 0.1) is 18.7 Å².